The molecule has 5 heteroatoms. The standard InChI is InChI=1S/C15H14Br2N2O/c1-9-3-4-14(10(2)5-9)19-18-8-11-6-12(16)7-13(17)15(11)20/h3-8,19-20H,1-2H3/b18-8+. The van der Waals surface area contributed by atoms with Crippen molar-refractivity contribution in [2.75, 3.05) is 5.43 Å². The van der Waals surface area contributed by atoms with Crippen LogP contribution in [-0.4, -0.2) is 11.3 Å². The fourth-order valence-electron chi connectivity index (χ4n) is 1.79. The molecule has 0 atom stereocenters. The van der Waals surface area contributed by atoms with Crippen molar-refractivity contribution in [2.45, 2.75) is 13.8 Å². The van der Waals surface area contributed by atoms with E-state index in [0.29, 0.717) is 10.0 Å². The van der Waals surface area contributed by atoms with Gasteiger partial charge in [0.15, 0.2) is 0 Å². The van der Waals surface area contributed by atoms with Gasteiger partial charge in [-0.25, -0.2) is 0 Å². The molecule has 0 heterocycles. The number of hydrogen-bond donors (Lipinski definition) is 2. The van der Waals surface area contributed by atoms with Crippen LogP contribution in [0.2, 0.25) is 0 Å². The van der Waals surface area contributed by atoms with E-state index in [1.165, 1.54) is 5.56 Å². The summed E-state index contributed by atoms with van der Waals surface area (Å²) < 4.78 is 1.50. The lowest BCUT2D eigenvalue weighted by molar-refractivity contribution is 0.471. The van der Waals surface area contributed by atoms with Crippen molar-refractivity contribution in [3.63, 3.8) is 0 Å². The van der Waals surface area contributed by atoms with E-state index < -0.39 is 0 Å². The molecule has 2 N–H and O–H groups in total. The molecule has 20 heavy (non-hydrogen) atoms. The Morgan fingerprint density at radius 1 is 1.15 bits per heavy atom. The molecule has 0 unspecified atom stereocenters. The zero-order valence-electron chi connectivity index (χ0n) is 11.1. The van der Waals surface area contributed by atoms with Gasteiger partial charge in [-0.3, -0.25) is 5.43 Å². The Labute approximate surface area is 135 Å². The highest BCUT2D eigenvalue weighted by Gasteiger charge is 2.05. The molecule has 2 aromatic carbocycles. The maximum absolute atomic E-state index is 9.92. The van der Waals surface area contributed by atoms with Gasteiger partial charge in [-0.1, -0.05) is 33.6 Å². The number of nitrogens with zero attached hydrogens (tertiary/aromatic N) is 1. The number of benzene rings is 2. The number of anilines is 1. The van der Waals surface area contributed by atoms with Crippen molar-refractivity contribution >= 4 is 43.8 Å². The van der Waals surface area contributed by atoms with Gasteiger partial charge in [-0.05, 0) is 53.5 Å². The maximum Gasteiger partial charge on any atom is 0.138 e. The van der Waals surface area contributed by atoms with Gasteiger partial charge < -0.3 is 5.11 Å². The van der Waals surface area contributed by atoms with Gasteiger partial charge >= 0.3 is 0 Å². The third-order valence-corrected chi connectivity index (χ3v) is 3.89. The lowest BCUT2D eigenvalue weighted by atomic mass is 10.1. The third-order valence-electron chi connectivity index (χ3n) is 2.83. The number of phenolic OH excluding ortho intramolecular Hbond substituents is 1. The normalized spacial score (nSPS) is 11.0. The molecule has 0 radical (unpaired) electrons. The molecule has 0 saturated heterocycles. The van der Waals surface area contributed by atoms with Crippen molar-refractivity contribution in [3.8, 4) is 5.75 Å². The molecule has 0 aliphatic rings. The van der Waals surface area contributed by atoms with Gasteiger partial charge in [-0.2, -0.15) is 5.10 Å². The summed E-state index contributed by atoms with van der Waals surface area (Å²) in [5, 5.41) is 14.1. The average Bonchev–Trinajstić information content (AvgIpc) is 2.37. The highest BCUT2D eigenvalue weighted by Crippen LogP contribution is 2.30. The van der Waals surface area contributed by atoms with Crippen molar-refractivity contribution in [1.82, 2.24) is 0 Å². The van der Waals surface area contributed by atoms with Crippen LogP contribution in [0.5, 0.6) is 5.75 Å². The molecule has 3 nitrogen and oxygen atoms in total. The van der Waals surface area contributed by atoms with E-state index in [2.05, 4.69) is 55.4 Å². The highest BCUT2D eigenvalue weighted by atomic mass is 79.9. The first kappa shape index (κ1) is 15.1. The Morgan fingerprint density at radius 2 is 1.90 bits per heavy atom. The summed E-state index contributed by atoms with van der Waals surface area (Å²) in [5.74, 6) is 0.166. The van der Waals surface area contributed by atoms with E-state index >= 15 is 0 Å². The molecule has 0 spiro atoms. The quantitative estimate of drug-likeness (QED) is 0.566. The van der Waals surface area contributed by atoms with E-state index in [1.807, 2.05) is 19.1 Å². The van der Waals surface area contributed by atoms with E-state index in [0.717, 1.165) is 15.7 Å². The zero-order valence-corrected chi connectivity index (χ0v) is 14.3. The third kappa shape index (κ3) is 3.61. The first-order valence-corrected chi connectivity index (χ1v) is 7.60. The van der Waals surface area contributed by atoms with Crippen molar-refractivity contribution < 1.29 is 5.11 Å². The molecule has 2 rings (SSSR count). The van der Waals surface area contributed by atoms with Crippen molar-refractivity contribution in [2.24, 2.45) is 5.10 Å². The van der Waals surface area contributed by atoms with Gasteiger partial charge in [0.2, 0.25) is 0 Å². The monoisotopic (exact) mass is 396 g/mol. The lowest BCUT2D eigenvalue weighted by Crippen LogP contribution is -1.94. The van der Waals surface area contributed by atoms with Crippen LogP contribution in [0, 0.1) is 13.8 Å². The van der Waals surface area contributed by atoms with Crippen LogP contribution in [0.4, 0.5) is 5.69 Å². The number of aromatic hydroxyl groups is 1. The van der Waals surface area contributed by atoms with Gasteiger partial charge in [0.1, 0.15) is 5.75 Å². The Kier molecular flexibility index (Phi) is 4.83. The predicted molar refractivity (Wildman–Crippen MR) is 90.6 cm³/mol. The highest BCUT2D eigenvalue weighted by molar-refractivity contribution is 9.11. The largest absolute Gasteiger partial charge is 0.506 e. The number of nitrogens with one attached hydrogen (secondary N) is 1. The lowest BCUT2D eigenvalue weighted by Gasteiger charge is -2.06. The number of halogens is 2. The molecule has 0 aliphatic carbocycles. The van der Waals surface area contributed by atoms with Crippen LogP contribution >= 0.6 is 31.9 Å². The molecule has 0 fully saturated rings. The number of aryl methyl sites for hydroxylation is 2. The molecule has 0 bridgehead atoms. The van der Waals surface area contributed by atoms with E-state index in [-0.39, 0.29) is 5.75 Å². The van der Waals surface area contributed by atoms with Crippen LogP contribution in [0.3, 0.4) is 0 Å². The van der Waals surface area contributed by atoms with E-state index in [9.17, 15) is 5.11 Å². The molecule has 0 aliphatic heterocycles. The number of hydrazone groups is 1. The smallest absolute Gasteiger partial charge is 0.138 e. The van der Waals surface area contributed by atoms with E-state index in [1.54, 1.807) is 18.3 Å². The summed E-state index contributed by atoms with van der Waals surface area (Å²) in [7, 11) is 0. The van der Waals surface area contributed by atoms with Crippen molar-refractivity contribution in [1.29, 1.82) is 0 Å². The van der Waals surface area contributed by atoms with Gasteiger partial charge in [-0.15, -0.1) is 0 Å². The van der Waals surface area contributed by atoms with Gasteiger partial charge in [0, 0.05) is 10.0 Å². The fourth-order valence-corrected chi connectivity index (χ4v) is 3.05. The topological polar surface area (TPSA) is 44.6 Å². The van der Waals surface area contributed by atoms with Gasteiger partial charge in [0.25, 0.3) is 0 Å². The summed E-state index contributed by atoms with van der Waals surface area (Å²) in [6, 6.07) is 9.68. The number of phenols is 1. The Balaban J connectivity index is 2.18. The molecular formula is C15H14Br2N2O. The summed E-state index contributed by atoms with van der Waals surface area (Å²) >= 11 is 6.67. The first-order valence-electron chi connectivity index (χ1n) is 6.01. The Bertz CT molecular complexity index is 669. The Hall–Kier alpha value is -1.33. The second-order valence-corrected chi connectivity index (χ2v) is 6.28. The number of hydrogen-bond acceptors (Lipinski definition) is 3. The van der Waals surface area contributed by atoms with Crippen LogP contribution in [0.25, 0.3) is 0 Å². The van der Waals surface area contributed by atoms with Crippen molar-refractivity contribution in [3.05, 3.63) is 56.0 Å². The first-order chi connectivity index (χ1) is 9.47. The molecule has 0 amide bonds. The second kappa shape index (κ2) is 6.41. The molecule has 0 aromatic heterocycles. The minimum absolute atomic E-state index is 0.166. The molecule has 2 aromatic rings. The SMILES string of the molecule is Cc1ccc(N/N=C/c2cc(Br)cc(Br)c2O)c(C)c1. The van der Waals surface area contributed by atoms with Crippen LogP contribution in [0.1, 0.15) is 16.7 Å². The summed E-state index contributed by atoms with van der Waals surface area (Å²) in [4.78, 5) is 0. The summed E-state index contributed by atoms with van der Waals surface area (Å²) in [6.07, 6.45) is 1.59. The molecule has 104 valence electrons. The average molecular weight is 398 g/mol. The van der Waals surface area contributed by atoms with E-state index in [4.69, 9.17) is 0 Å². The molecular weight excluding hydrogens is 384 g/mol. The number of rotatable bonds is 3. The van der Waals surface area contributed by atoms with Gasteiger partial charge in [0.05, 0.1) is 16.4 Å². The summed E-state index contributed by atoms with van der Waals surface area (Å²) in [6.45, 7) is 4.08. The predicted octanol–water partition coefficient (Wildman–Crippen LogP) is 4.98. The summed E-state index contributed by atoms with van der Waals surface area (Å²) in [5.41, 5.74) is 6.90. The molecule has 0 saturated carbocycles. The Morgan fingerprint density at radius 3 is 2.60 bits per heavy atom. The maximum atomic E-state index is 9.92. The second-order valence-electron chi connectivity index (χ2n) is 4.51. The minimum atomic E-state index is 0.166. The van der Waals surface area contributed by atoms with Crippen LogP contribution in [-0.2, 0) is 0 Å². The minimum Gasteiger partial charge on any atom is -0.506 e. The zero-order chi connectivity index (χ0) is 14.7. The van der Waals surface area contributed by atoms with Crippen LogP contribution < -0.4 is 5.43 Å². The fraction of sp³-hybridized carbons (Fsp3) is 0.133. The van der Waals surface area contributed by atoms with Crippen LogP contribution in [0.15, 0.2) is 44.4 Å².